The van der Waals surface area contributed by atoms with Gasteiger partial charge < -0.3 is 5.32 Å². The minimum atomic E-state index is 0.663. The van der Waals surface area contributed by atoms with Crippen molar-refractivity contribution in [2.75, 3.05) is 0 Å². The smallest absolute Gasteiger partial charge is 0.164 e. The Kier molecular flexibility index (Phi) is 3.26. The fraction of sp³-hybridized carbons (Fsp3) is 0.364. The average molecular weight is 217 g/mol. The van der Waals surface area contributed by atoms with Gasteiger partial charge in [0.2, 0.25) is 0 Å². The fourth-order valence-electron chi connectivity index (χ4n) is 1.47. The van der Waals surface area contributed by atoms with Crippen LogP contribution in [0.3, 0.4) is 0 Å². The summed E-state index contributed by atoms with van der Waals surface area (Å²) in [6, 6.07) is 6.01. The number of nitrogens with zero attached hydrogens (tertiary/aromatic N) is 4. The second-order valence-electron chi connectivity index (χ2n) is 3.71. The van der Waals surface area contributed by atoms with E-state index in [0.717, 1.165) is 23.8 Å². The van der Waals surface area contributed by atoms with E-state index >= 15 is 0 Å². The molecule has 0 atom stereocenters. The van der Waals surface area contributed by atoms with Crippen molar-refractivity contribution in [1.29, 1.82) is 0 Å². The molecule has 1 N–H and O–H groups in total. The molecule has 0 saturated carbocycles. The number of hydrogen-bond donors (Lipinski definition) is 1. The maximum atomic E-state index is 4.40. The zero-order valence-electron chi connectivity index (χ0n) is 9.51. The van der Waals surface area contributed by atoms with E-state index in [1.165, 1.54) is 0 Å². The Balaban J connectivity index is 1.84. The standard InChI is InChI=1S/C11H15N5/c1-9-4-3-5-10(14-9)6-12-7-11-13-8-16(2)15-11/h3-5,8,12H,6-7H2,1-2H3. The first-order valence-corrected chi connectivity index (χ1v) is 5.22. The lowest BCUT2D eigenvalue weighted by atomic mass is 10.3. The minimum absolute atomic E-state index is 0.663. The van der Waals surface area contributed by atoms with Crippen LogP contribution in [0.5, 0.6) is 0 Å². The van der Waals surface area contributed by atoms with Crippen molar-refractivity contribution in [2.45, 2.75) is 20.0 Å². The number of aryl methyl sites for hydroxylation is 2. The van der Waals surface area contributed by atoms with Crippen LogP contribution >= 0.6 is 0 Å². The molecular weight excluding hydrogens is 202 g/mol. The van der Waals surface area contributed by atoms with E-state index in [1.54, 1.807) is 11.0 Å². The molecule has 84 valence electrons. The maximum absolute atomic E-state index is 4.40. The Labute approximate surface area is 94.5 Å². The Morgan fingerprint density at radius 1 is 1.31 bits per heavy atom. The zero-order chi connectivity index (χ0) is 11.4. The van der Waals surface area contributed by atoms with Crippen molar-refractivity contribution >= 4 is 0 Å². The molecule has 0 spiro atoms. The van der Waals surface area contributed by atoms with Gasteiger partial charge in [0.25, 0.3) is 0 Å². The lowest BCUT2D eigenvalue weighted by Gasteiger charge is -2.02. The van der Waals surface area contributed by atoms with Gasteiger partial charge in [-0.05, 0) is 19.1 Å². The van der Waals surface area contributed by atoms with Crippen LogP contribution < -0.4 is 5.32 Å². The molecule has 0 aromatic carbocycles. The van der Waals surface area contributed by atoms with Gasteiger partial charge in [-0.2, -0.15) is 5.10 Å². The second-order valence-corrected chi connectivity index (χ2v) is 3.71. The van der Waals surface area contributed by atoms with Crippen molar-refractivity contribution in [2.24, 2.45) is 7.05 Å². The topological polar surface area (TPSA) is 55.6 Å². The lowest BCUT2D eigenvalue weighted by Crippen LogP contribution is -2.15. The van der Waals surface area contributed by atoms with Gasteiger partial charge in [-0.25, -0.2) is 4.98 Å². The molecule has 5 nitrogen and oxygen atoms in total. The predicted octanol–water partition coefficient (Wildman–Crippen LogP) is 0.808. The minimum Gasteiger partial charge on any atom is -0.304 e. The number of nitrogens with one attached hydrogen (secondary N) is 1. The summed E-state index contributed by atoms with van der Waals surface area (Å²) in [5, 5.41) is 7.44. The van der Waals surface area contributed by atoms with Crippen molar-refractivity contribution < 1.29 is 0 Å². The molecule has 2 rings (SSSR count). The molecule has 0 amide bonds. The van der Waals surface area contributed by atoms with E-state index in [4.69, 9.17) is 0 Å². The van der Waals surface area contributed by atoms with Crippen LogP contribution in [0.25, 0.3) is 0 Å². The van der Waals surface area contributed by atoms with Crippen LogP contribution in [-0.2, 0) is 20.1 Å². The molecule has 0 aliphatic rings. The summed E-state index contributed by atoms with van der Waals surface area (Å²) in [6.45, 7) is 3.39. The number of hydrogen-bond acceptors (Lipinski definition) is 4. The monoisotopic (exact) mass is 217 g/mol. The Bertz CT molecular complexity index is 463. The van der Waals surface area contributed by atoms with Gasteiger partial charge >= 0.3 is 0 Å². The Morgan fingerprint density at radius 3 is 2.88 bits per heavy atom. The molecule has 0 saturated heterocycles. The second kappa shape index (κ2) is 4.85. The first-order valence-electron chi connectivity index (χ1n) is 5.22. The summed E-state index contributed by atoms with van der Waals surface area (Å²) >= 11 is 0. The van der Waals surface area contributed by atoms with Gasteiger partial charge in [-0.15, -0.1) is 0 Å². The summed E-state index contributed by atoms with van der Waals surface area (Å²) in [4.78, 5) is 8.53. The highest BCUT2D eigenvalue weighted by Crippen LogP contribution is 1.97. The van der Waals surface area contributed by atoms with E-state index in [-0.39, 0.29) is 0 Å². The van der Waals surface area contributed by atoms with Crippen molar-refractivity contribution in [1.82, 2.24) is 25.1 Å². The molecule has 0 unspecified atom stereocenters. The lowest BCUT2D eigenvalue weighted by molar-refractivity contribution is 0.640. The quantitative estimate of drug-likeness (QED) is 0.823. The SMILES string of the molecule is Cc1cccc(CNCc2ncn(C)n2)n1. The summed E-state index contributed by atoms with van der Waals surface area (Å²) in [6.07, 6.45) is 1.70. The van der Waals surface area contributed by atoms with Crippen molar-refractivity contribution in [3.05, 3.63) is 41.7 Å². The highest BCUT2D eigenvalue weighted by Gasteiger charge is 1.99. The van der Waals surface area contributed by atoms with Crippen molar-refractivity contribution in [3.8, 4) is 0 Å². The number of rotatable bonds is 4. The third kappa shape index (κ3) is 2.87. The molecule has 2 aromatic rings. The van der Waals surface area contributed by atoms with Crippen molar-refractivity contribution in [3.63, 3.8) is 0 Å². The van der Waals surface area contributed by atoms with Gasteiger partial charge in [-0.1, -0.05) is 6.07 Å². The number of pyridine rings is 1. The molecule has 2 aromatic heterocycles. The molecule has 0 radical (unpaired) electrons. The van der Waals surface area contributed by atoms with E-state index in [2.05, 4.69) is 20.4 Å². The van der Waals surface area contributed by atoms with Crippen LogP contribution in [0, 0.1) is 6.92 Å². The highest BCUT2D eigenvalue weighted by atomic mass is 15.3. The molecular formula is C11H15N5. The molecule has 0 aliphatic carbocycles. The van der Waals surface area contributed by atoms with Gasteiger partial charge in [0.05, 0.1) is 12.2 Å². The van der Waals surface area contributed by atoms with E-state index < -0.39 is 0 Å². The maximum Gasteiger partial charge on any atom is 0.164 e. The summed E-state index contributed by atoms with van der Waals surface area (Å²) in [5.41, 5.74) is 2.08. The molecule has 2 heterocycles. The highest BCUT2D eigenvalue weighted by molar-refractivity contribution is 5.09. The van der Waals surface area contributed by atoms with Crippen LogP contribution in [0.4, 0.5) is 0 Å². The summed E-state index contributed by atoms with van der Waals surface area (Å²) in [5.74, 6) is 0.801. The van der Waals surface area contributed by atoms with Gasteiger partial charge in [0, 0.05) is 19.3 Å². The number of aromatic nitrogens is 4. The van der Waals surface area contributed by atoms with Crippen LogP contribution in [0.2, 0.25) is 0 Å². The van der Waals surface area contributed by atoms with E-state index in [1.807, 2.05) is 32.2 Å². The van der Waals surface area contributed by atoms with Crippen LogP contribution in [0.1, 0.15) is 17.2 Å². The molecule has 5 heteroatoms. The molecule has 0 bridgehead atoms. The normalized spacial score (nSPS) is 10.6. The van der Waals surface area contributed by atoms with Gasteiger partial charge in [0.1, 0.15) is 6.33 Å². The van der Waals surface area contributed by atoms with Crippen LogP contribution in [0.15, 0.2) is 24.5 Å². The van der Waals surface area contributed by atoms with E-state index in [9.17, 15) is 0 Å². The Morgan fingerprint density at radius 2 is 2.19 bits per heavy atom. The summed E-state index contributed by atoms with van der Waals surface area (Å²) in [7, 11) is 1.86. The third-order valence-corrected chi connectivity index (χ3v) is 2.18. The summed E-state index contributed by atoms with van der Waals surface area (Å²) < 4.78 is 1.70. The fourth-order valence-corrected chi connectivity index (χ4v) is 1.47. The third-order valence-electron chi connectivity index (χ3n) is 2.18. The van der Waals surface area contributed by atoms with E-state index in [0.29, 0.717) is 6.54 Å². The first kappa shape index (κ1) is 10.8. The van der Waals surface area contributed by atoms with Crippen LogP contribution in [-0.4, -0.2) is 19.7 Å². The molecule has 0 aliphatic heterocycles. The predicted molar refractivity (Wildman–Crippen MR) is 60.5 cm³/mol. The first-order chi connectivity index (χ1) is 7.74. The zero-order valence-corrected chi connectivity index (χ0v) is 9.51. The van der Waals surface area contributed by atoms with Gasteiger partial charge in [0.15, 0.2) is 5.82 Å². The average Bonchev–Trinajstić information content (AvgIpc) is 2.64. The van der Waals surface area contributed by atoms with Gasteiger partial charge in [-0.3, -0.25) is 9.67 Å². The molecule has 16 heavy (non-hydrogen) atoms. The Hall–Kier alpha value is -1.75. The largest absolute Gasteiger partial charge is 0.304 e. The molecule has 0 fully saturated rings.